The molecular weight excluding hydrogens is 334 g/mol. The second-order valence-electron chi connectivity index (χ2n) is 5.18. The molecule has 0 aliphatic rings. The van der Waals surface area contributed by atoms with Crippen LogP contribution >= 0.6 is 12.2 Å². The van der Waals surface area contributed by atoms with Gasteiger partial charge in [0.15, 0.2) is 17.1 Å². The van der Waals surface area contributed by atoms with Crippen molar-refractivity contribution < 1.29 is 28.5 Å². The number of aliphatic hydroxyl groups is 2. The fraction of sp³-hybridized carbons (Fsp3) is 0.562. The quantitative estimate of drug-likeness (QED) is 0.466. The minimum atomic E-state index is -0.0134. The fourth-order valence-electron chi connectivity index (χ4n) is 2.21. The summed E-state index contributed by atoms with van der Waals surface area (Å²) in [7, 11) is 0. The van der Waals surface area contributed by atoms with Crippen LogP contribution in [0, 0.1) is 11.4 Å². The van der Waals surface area contributed by atoms with E-state index in [9.17, 15) is 0 Å². The molecule has 8 heteroatoms. The van der Waals surface area contributed by atoms with E-state index >= 15 is 0 Å². The van der Waals surface area contributed by atoms with E-state index in [1.165, 1.54) is 0 Å². The van der Waals surface area contributed by atoms with E-state index in [0.717, 1.165) is 5.56 Å². The molecule has 2 N–H and O–H groups in total. The third-order valence-electron chi connectivity index (χ3n) is 3.40. The van der Waals surface area contributed by atoms with Gasteiger partial charge in [-0.1, -0.05) is 12.2 Å². The Kier molecular flexibility index (Phi) is 7.67. The highest BCUT2D eigenvalue weighted by atomic mass is 32.1. The summed E-state index contributed by atoms with van der Waals surface area (Å²) in [6.45, 7) is 4.44. The molecule has 0 aromatic carbocycles. The molecule has 0 bridgehead atoms. The van der Waals surface area contributed by atoms with Crippen molar-refractivity contribution in [2.45, 2.75) is 6.92 Å². The summed E-state index contributed by atoms with van der Waals surface area (Å²) in [6.07, 6.45) is 1.62. The third-order valence-corrected chi connectivity index (χ3v) is 3.70. The number of aryl methyl sites for hydroxylation is 1. The summed E-state index contributed by atoms with van der Waals surface area (Å²) in [5.41, 5.74) is 2.08. The number of nitrogens with zero attached hydrogens (tertiary/aromatic N) is 1. The zero-order valence-electron chi connectivity index (χ0n) is 13.7. The highest BCUT2D eigenvalue weighted by Crippen LogP contribution is 2.27. The molecular formula is C16H23NO6S. The number of hydrogen-bond acceptors (Lipinski definition) is 8. The Morgan fingerprint density at radius 1 is 1.04 bits per heavy atom. The molecule has 0 fully saturated rings. The Labute approximate surface area is 145 Å². The maximum Gasteiger partial charge on any atom is 0.197 e. The molecule has 0 saturated carbocycles. The summed E-state index contributed by atoms with van der Waals surface area (Å²) in [5.74, 6) is 0.609. The average Bonchev–Trinajstić information content (AvgIpc) is 2.95. The Balaban J connectivity index is 2.14. The number of anilines is 1. The zero-order valence-corrected chi connectivity index (χ0v) is 14.5. The Morgan fingerprint density at radius 3 is 2.25 bits per heavy atom. The first-order chi connectivity index (χ1) is 11.7. The maximum absolute atomic E-state index is 8.79. The molecule has 0 atom stereocenters. The van der Waals surface area contributed by atoms with E-state index < -0.39 is 0 Å². The minimum Gasteiger partial charge on any atom is -0.459 e. The van der Waals surface area contributed by atoms with Gasteiger partial charge in [0.25, 0.3) is 0 Å². The van der Waals surface area contributed by atoms with Crippen LogP contribution in [0.1, 0.15) is 5.56 Å². The van der Waals surface area contributed by atoms with E-state index in [1.807, 2.05) is 11.8 Å². The van der Waals surface area contributed by atoms with Gasteiger partial charge in [-0.2, -0.15) is 0 Å². The molecule has 0 aliphatic heterocycles. The monoisotopic (exact) mass is 357 g/mol. The van der Waals surface area contributed by atoms with Gasteiger partial charge in [0.05, 0.1) is 50.4 Å². The highest BCUT2D eigenvalue weighted by molar-refractivity contribution is 7.71. The minimum absolute atomic E-state index is 0.0134. The van der Waals surface area contributed by atoms with Crippen LogP contribution in [0.25, 0.3) is 11.2 Å². The Morgan fingerprint density at radius 2 is 1.67 bits per heavy atom. The number of ether oxygens (including phenoxy) is 2. The van der Waals surface area contributed by atoms with Crippen molar-refractivity contribution in [3.05, 3.63) is 22.4 Å². The van der Waals surface area contributed by atoms with Crippen LogP contribution in [0.3, 0.4) is 0 Å². The van der Waals surface area contributed by atoms with Crippen molar-refractivity contribution in [2.24, 2.45) is 0 Å². The molecule has 0 spiro atoms. The maximum atomic E-state index is 8.79. The predicted octanol–water partition coefficient (Wildman–Crippen LogP) is 1.89. The number of fused-ring (bicyclic) bond motifs is 1. The van der Waals surface area contributed by atoms with E-state index in [0.29, 0.717) is 47.9 Å². The van der Waals surface area contributed by atoms with Crippen molar-refractivity contribution in [2.75, 3.05) is 57.6 Å². The molecule has 0 amide bonds. The van der Waals surface area contributed by atoms with Crippen molar-refractivity contribution in [1.29, 1.82) is 0 Å². The van der Waals surface area contributed by atoms with Gasteiger partial charge in [-0.25, -0.2) is 0 Å². The molecule has 24 heavy (non-hydrogen) atoms. The van der Waals surface area contributed by atoms with Crippen LogP contribution in [0.5, 0.6) is 0 Å². The van der Waals surface area contributed by atoms with Gasteiger partial charge in [0.1, 0.15) is 0 Å². The van der Waals surface area contributed by atoms with Crippen LogP contribution < -0.4 is 4.90 Å². The van der Waals surface area contributed by atoms with Crippen molar-refractivity contribution in [1.82, 2.24) is 0 Å². The van der Waals surface area contributed by atoms with E-state index in [-0.39, 0.29) is 26.4 Å². The topological polar surface area (TPSA) is 88.4 Å². The summed E-state index contributed by atoms with van der Waals surface area (Å²) < 4.78 is 22.6. The number of aliphatic hydroxyl groups excluding tert-OH is 2. The first-order valence-electron chi connectivity index (χ1n) is 7.81. The lowest BCUT2D eigenvalue weighted by Crippen LogP contribution is -2.31. The van der Waals surface area contributed by atoms with Crippen molar-refractivity contribution in [3.63, 3.8) is 0 Å². The molecule has 2 aromatic heterocycles. The summed E-state index contributed by atoms with van der Waals surface area (Å²) in [6, 6.07) is 1.75. The zero-order chi connectivity index (χ0) is 17.4. The summed E-state index contributed by atoms with van der Waals surface area (Å²) in [4.78, 5) is 1.95. The van der Waals surface area contributed by atoms with E-state index in [1.54, 1.807) is 12.3 Å². The second-order valence-corrected chi connectivity index (χ2v) is 5.62. The second kappa shape index (κ2) is 9.75. The first-order valence-corrected chi connectivity index (χ1v) is 8.22. The molecule has 2 aromatic rings. The molecule has 2 rings (SSSR count). The van der Waals surface area contributed by atoms with Crippen LogP contribution in [0.2, 0.25) is 0 Å². The largest absolute Gasteiger partial charge is 0.459 e. The van der Waals surface area contributed by atoms with Crippen molar-refractivity contribution in [3.8, 4) is 0 Å². The predicted molar refractivity (Wildman–Crippen MR) is 92.1 cm³/mol. The molecule has 2 heterocycles. The molecule has 134 valence electrons. The molecule has 0 unspecified atom stereocenters. The SMILES string of the molecule is Cc1coc2c(=S)cc(N(CCOCCO)CCOCCO)oc12. The highest BCUT2D eigenvalue weighted by Gasteiger charge is 2.14. The van der Waals surface area contributed by atoms with E-state index in [2.05, 4.69) is 0 Å². The van der Waals surface area contributed by atoms with Gasteiger partial charge in [-0.05, 0) is 6.92 Å². The third kappa shape index (κ3) is 5.02. The van der Waals surface area contributed by atoms with Gasteiger partial charge >= 0.3 is 0 Å². The first kappa shape index (κ1) is 18.9. The smallest absolute Gasteiger partial charge is 0.197 e. The summed E-state index contributed by atoms with van der Waals surface area (Å²) in [5, 5.41) is 17.6. The molecule has 0 radical (unpaired) electrons. The lowest BCUT2D eigenvalue weighted by molar-refractivity contribution is 0.0878. The van der Waals surface area contributed by atoms with Gasteiger partial charge in [-0.3, -0.25) is 0 Å². The molecule has 0 aliphatic carbocycles. The van der Waals surface area contributed by atoms with Gasteiger partial charge < -0.3 is 33.4 Å². The fourth-order valence-corrected chi connectivity index (χ4v) is 2.45. The van der Waals surface area contributed by atoms with E-state index in [4.69, 9.17) is 40.7 Å². The van der Waals surface area contributed by atoms with Gasteiger partial charge in [-0.15, -0.1) is 0 Å². The Hall–Kier alpha value is -1.45. The molecule has 0 saturated heterocycles. The van der Waals surface area contributed by atoms with Crippen LogP contribution in [0.4, 0.5) is 5.88 Å². The van der Waals surface area contributed by atoms with Crippen LogP contribution in [-0.4, -0.2) is 62.9 Å². The normalized spacial score (nSPS) is 11.3. The van der Waals surface area contributed by atoms with Gasteiger partial charge in [0.2, 0.25) is 0 Å². The van der Waals surface area contributed by atoms with Gasteiger partial charge in [0, 0.05) is 24.7 Å². The van der Waals surface area contributed by atoms with Crippen LogP contribution in [-0.2, 0) is 9.47 Å². The number of furan rings is 1. The standard InChI is InChI=1S/C16H23NO6S/c1-12-11-22-16-13(24)10-14(23-15(12)16)17(2-6-20-8-4-18)3-7-21-9-5-19/h10-11,18-19H,2-9H2,1H3. The number of rotatable bonds is 11. The summed E-state index contributed by atoms with van der Waals surface area (Å²) >= 11 is 5.37. The average molecular weight is 357 g/mol. The lowest BCUT2D eigenvalue weighted by atomic mass is 10.3. The number of hydrogen-bond donors (Lipinski definition) is 2. The Bertz CT molecular complexity index is 671. The lowest BCUT2D eigenvalue weighted by Gasteiger charge is -2.23. The molecule has 7 nitrogen and oxygen atoms in total. The van der Waals surface area contributed by atoms with Crippen molar-refractivity contribution >= 4 is 29.3 Å². The van der Waals surface area contributed by atoms with Crippen LogP contribution in [0.15, 0.2) is 21.2 Å².